The first-order valence-electron chi connectivity index (χ1n) is 21.3. The number of ether oxygens (including phenoxy) is 3. The number of esters is 1. The number of hydrogen-bond acceptors (Lipinski definition) is 8. The van der Waals surface area contributed by atoms with Crippen LogP contribution in [0.15, 0.2) is 146 Å². The summed E-state index contributed by atoms with van der Waals surface area (Å²) in [6, 6.07) is 40.9. The lowest BCUT2D eigenvalue weighted by atomic mass is 9.97. The minimum Gasteiger partial charge on any atom is -0.489 e. The zero-order chi connectivity index (χ0) is 43.1. The Morgan fingerprint density at radius 3 is 2.10 bits per heavy atom. The Kier molecular flexibility index (Phi) is 15.2. The normalized spacial score (nSPS) is 18.3. The van der Waals surface area contributed by atoms with Gasteiger partial charge in [-0.25, -0.2) is 9.59 Å². The highest BCUT2D eigenvalue weighted by atomic mass is 16.6. The van der Waals surface area contributed by atoms with E-state index in [1.54, 1.807) is 0 Å². The average molecular weight is 836 g/mol. The van der Waals surface area contributed by atoms with Gasteiger partial charge in [0.15, 0.2) is 0 Å². The third-order valence-electron chi connectivity index (χ3n) is 11.3. The maximum absolute atomic E-state index is 13.9. The first-order valence-corrected chi connectivity index (χ1v) is 21.3. The van der Waals surface area contributed by atoms with Gasteiger partial charge in [-0.1, -0.05) is 133 Å². The van der Waals surface area contributed by atoms with E-state index >= 15 is 0 Å². The second kappa shape index (κ2) is 21.7. The van der Waals surface area contributed by atoms with Crippen LogP contribution in [0.4, 0.5) is 4.79 Å². The van der Waals surface area contributed by atoms with Crippen molar-refractivity contribution >= 4 is 23.9 Å². The molecule has 0 radical (unpaired) electrons. The van der Waals surface area contributed by atoms with Crippen molar-refractivity contribution in [2.45, 2.75) is 69.2 Å². The van der Waals surface area contributed by atoms with Gasteiger partial charge in [0.1, 0.15) is 31.6 Å². The van der Waals surface area contributed by atoms with Crippen LogP contribution in [0.3, 0.4) is 0 Å². The van der Waals surface area contributed by atoms with E-state index in [9.17, 15) is 24.3 Å². The number of benzene rings is 5. The molecule has 0 spiro atoms. The molecular weight excluding hydrogens is 783 g/mol. The molecule has 1 heterocycles. The van der Waals surface area contributed by atoms with Gasteiger partial charge in [0.05, 0.1) is 24.6 Å². The Morgan fingerprint density at radius 2 is 1.42 bits per heavy atom. The number of cyclic esters (lactones) is 1. The molecule has 11 nitrogen and oxygen atoms in total. The maximum Gasteiger partial charge on any atom is 0.407 e. The van der Waals surface area contributed by atoms with Gasteiger partial charge in [-0.2, -0.15) is 0 Å². The predicted octanol–water partition coefficient (Wildman–Crippen LogP) is 7.21. The predicted molar refractivity (Wildman–Crippen MR) is 236 cm³/mol. The van der Waals surface area contributed by atoms with Crippen molar-refractivity contribution in [1.82, 2.24) is 16.0 Å². The van der Waals surface area contributed by atoms with E-state index in [2.05, 4.69) is 28.1 Å². The molecule has 4 N–H and O–H groups in total. The largest absolute Gasteiger partial charge is 0.489 e. The Bertz CT molecular complexity index is 2250. The van der Waals surface area contributed by atoms with Gasteiger partial charge < -0.3 is 35.3 Å². The minimum absolute atomic E-state index is 0.0961. The van der Waals surface area contributed by atoms with Gasteiger partial charge in [-0.05, 0) is 83.2 Å². The van der Waals surface area contributed by atoms with Crippen molar-refractivity contribution < 1.29 is 38.5 Å². The lowest BCUT2D eigenvalue weighted by molar-refractivity contribution is -0.147. The van der Waals surface area contributed by atoms with Crippen LogP contribution in [-0.4, -0.2) is 66.9 Å². The number of fused-ring (bicyclic) bond motifs is 3. The van der Waals surface area contributed by atoms with Crippen molar-refractivity contribution in [2.75, 3.05) is 19.8 Å². The van der Waals surface area contributed by atoms with Gasteiger partial charge in [-0.3, -0.25) is 9.59 Å². The second-order valence-corrected chi connectivity index (χ2v) is 15.8. The molecule has 0 saturated carbocycles. The van der Waals surface area contributed by atoms with E-state index in [0.717, 1.165) is 38.9 Å². The first-order chi connectivity index (χ1) is 30.3. The Morgan fingerprint density at radius 1 is 0.774 bits per heavy atom. The molecule has 7 rings (SSSR count). The van der Waals surface area contributed by atoms with Crippen molar-refractivity contribution in [2.24, 2.45) is 5.92 Å². The number of alkyl carbamates (subject to hydrolysis) is 1. The Labute approximate surface area is 362 Å². The van der Waals surface area contributed by atoms with E-state index in [-0.39, 0.29) is 56.8 Å². The smallest absolute Gasteiger partial charge is 0.407 e. The van der Waals surface area contributed by atoms with E-state index in [0.29, 0.717) is 31.6 Å². The SMILES string of the molecule is O=C(CC1CC=CCCC(NC(=O)OCC2c3ccccc3-c3ccccc32)C(=O)OCC(Cc2ccccc2)NC1=O)NC(CO)Cc1ccc(OCc2ccccc2)cc1. The van der Waals surface area contributed by atoms with E-state index in [1.165, 1.54) is 0 Å². The van der Waals surface area contributed by atoms with Crippen LogP contribution in [0.5, 0.6) is 5.75 Å². The number of nitrogens with one attached hydrogen (secondary N) is 3. The molecule has 5 aromatic rings. The van der Waals surface area contributed by atoms with E-state index < -0.39 is 36.1 Å². The summed E-state index contributed by atoms with van der Waals surface area (Å²) < 4.78 is 17.4. The van der Waals surface area contributed by atoms with Crippen LogP contribution in [0.2, 0.25) is 0 Å². The number of carbonyl (C=O) groups excluding carboxylic acids is 4. The highest BCUT2D eigenvalue weighted by molar-refractivity contribution is 5.86. The third-order valence-corrected chi connectivity index (χ3v) is 11.3. The summed E-state index contributed by atoms with van der Waals surface area (Å²) >= 11 is 0. The molecule has 0 fully saturated rings. The second-order valence-electron chi connectivity index (χ2n) is 15.8. The molecule has 320 valence electrons. The zero-order valence-electron chi connectivity index (χ0n) is 34.6. The molecule has 0 saturated heterocycles. The van der Waals surface area contributed by atoms with Crippen molar-refractivity contribution in [3.05, 3.63) is 173 Å². The van der Waals surface area contributed by atoms with Crippen LogP contribution in [0.1, 0.15) is 59.4 Å². The van der Waals surface area contributed by atoms with Gasteiger partial charge in [0.2, 0.25) is 11.8 Å². The fourth-order valence-electron chi connectivity index (χ4n) is 8.03. The summed E-state index contributed by atoms with van der Waals surface area (Å²) in [7, 11) is 0. The number of aliphatic hydroxyl groups excluding tert-OH is 1. The van der Waals surface area contributed by atoms with Gasteiger partial charge in [0, 0.05) is 12.3 Å². The van der Waals surface area contributed by atoms with E-state index in [1.807, 2.05) is 133 Å². The molecule has 4 atom stereocenters. The molecule has 62 heavy (non-hydrogen) atoms. The van der Waals surface area contributed by atoms with Gasteiger partial charge in [0.25, 0.3) is 0 Å². The molecule has 1 aliphatic carbocycles. The Balaban J connectivity index is 0.967. The van der Waals surface area contributed by atoms with Crippen LogP contribution >= 0.6 is 0 Å². The average Bonchev–Trinajstić information content (AvgIpc) is 3.62. The summed E-state index contributed by atoms with van der Waals surface area (Å²) in [6.45, 7) is 0.0969. The monoisotopic (exact) mass is 835 g/mol. The summed E-state index contributed by atoms with van der Waals surface area (Å²) in [5, 5.41) is 18.9. The van der Waals surface area contributed by atoms with Gasteiger partial charge >= 0.3 is 12.1 Å². The number of aliphatic hydroxyl groups is 1. The number of carbonyl (C=O) groups is 4. The van der Waals surface area contributed by atoms with Crippen molar-refractivity contribution in [1.29, 1.82) is 0 Å². The fourth-order valence-corrected chi connectivity index (χ4v) is 8.03. The lowest BCUT2D eigenvalue weighted by Crippen LogP contribution is -2.47. The summed E-state index contributed by atoms with van der Waals surface area (Å²) in [4.78, 5) is 54.2. The van der Waals surface area contributed by atoms with Crippen LogP contribution in [0, 0.1) is 5.92 Å². The molecule has 4 unspecified atom stereocenters. The summed E-state index contributed by atoms with van der Waals surface area (Å²) in [5.74, 6) is -1.54. The topological polar surface area (TPSA) is 152 Å². The maximum atomic E-state index is 13.9. The highest BCUT2D eigenvalue weighted by Gasteiger charge is 2.31. The summed E-state index contributed by atoms with van der Waals surface area (Å²) in [5.41, 5.74) is 7.27. The standard InChI is InChI=1S/C51H53N3O8/c55-31-39(28-36-24-26-41(27-25-36)60-32-37-16-6-2-7-17-37)52-48(56)30-38-18-8-3-9-23-47(50(58)61-33-40(53-49(38)57)29-35-14-4-1-5-15-35)54-51(59)62-34-46-44-21-12-10-19-42(44)43-20-11-13-22-45(43)46/h1-8,10-17,19-22,24-27,38-40,46-47,55H,9,18,23,28-34H2,(H,52,56)(H,53,57)(H,54,59). The molecule has 0 bridgehead atoms. The van der Waals surface area contributed by atoms with Crippen LogP contribution < -0.4 is 20.7 Å². The molecule has 1 aliphatic heterocycles. The third kappa shape index (κ3) is 12.0. The van der Waals surface area contributed by atoms with Crippen molar-refractivity contribution in [3.63, 3.8) is 0 Å². The summed E-state index contributed by atoms with van der Waals surface area (Å²) in [6.07, 6.45) is 4.42. The Hall–Kier alpha value is -6.72. The molecule has 3 amide bonds. The van der Waals surface area contributed by atoms with Gasteiger partial charge in [-0.15, -0.1) is 0 Å². The van der Waals surface area contributed by atoms with E-state index in [4.69, 9.17) is 14.2 Å². The first kappa shape index (κ1) is 43.4. The number of amides is 3. The number of rotatable bonds is 14. The molecule has 11 heteroatoms. The van der Waals surface area contributed by atoms with Crippen molar-refractivity contribution in [3.8, 4) is 16.9 Å². The highest BCUT2D eigenvalue weighted by Crippen LogP contribution is 2.44. The molecule has 5 aromatic carbocycles. The number of allylic oxidation sites excluding steroid dienone is 2. The molecular formula is C51H53N3O8. The minimum atomic E-state index is -1.00. The molecule has 0 aromatic heterocycles. The quantitative estimate of drug-likeness (QED) is 0.0677. The lowest BCUT2D eigenvalue weighted by Gasteiger charge is -2.24. The fraction of sp³-hybridized carbons (Fsp3) is 0.294. The van der Waals surface area contributed by atoms with Crippen LogP contribution in [0.25, 0.3) is 11.1 Å². The zero-order valence-corrected chi connectivity index (χ0v) is 34.6. The number of hydrogen-bond donors (Lipinski definition) is 4. The van der Waals surface area contributed by atoms with Crippen LogP contribution in [-0.2, 0) is 43.3 Å². The molecule has 2 aliphatic rings.